The Morgan fingerprint density at radius 3 is 2.46 bits per heavy atom. The number of benzene rings is 2. The molecule has 0 spiro atoms. The highest BCUT2D eigenvalue weighted by Crippen LogP contribution is 2.25. The van der Waals surface area contributed by atoms with Crippen molar-refractivity contribution in [3.63, 3.8) is 0 Å². The van der Waals surface area contributed by atoms with E-state index in [9.17, 15) is 14.7 Å². The van der Waals surface area contributed by atoms with Crippen molar-refractivity contribution in [2.45, 2.75) is 26.7 Å². The molecule has 1 heterocycles. The average Bonchev–Trinajstić information content (AvgIpc) is 2.67. The molecule has 0 bridgehead atoms. The van der Waals surface area contributed by atoms with Gasteiger partial charge in [0.25, 0.3) is 0 Å². The van der Waals surface area contributed by atoms with Gasteiger partial charge in [0.15, 0.2) is 0 Å². The van der Waals surface area contributed by atoms with Crippen molar-refractivity contribution in [1.82, 2.24) is 4.90 Å². The van der Waals surface area contributed by atoms with E-state index in [-0.39, 0.29) is 23.5 Å². The molecule has 0 aliphatic carbocycles. The van der Waals surface area contributed by atoms with E-state index in [1.54, 1.807) is 24.3 Å². The van der Waals surface area contributed by atoms with Crippen LogP contribution in [-0.2, 0) is 9.59 Å². The lowest BCUT2D eigenvalue weighted by molar-refractivity contribution is -0.121. The molecule has 0 unspecified atom stereocenters. The van der Waals surface area contributed by atoms with Crippen LogP contribution in [0.2, 0.25) is 0 Å². The van der Waals surface area contributed by atoms with Crippen LogP contribution >= 0.6 is 0 Å². The molecule has 1 fully saturated rings. The van der Waals surface area contributed by atoms with E-state index in [0.29, 0.717) is 38.2 Å². The van der Waals surface area contributed by atoms with Crippen molar-refractivity contribution in [1.29, 1.82) is 0 Å². The van der Waals surface area contributed by atoms with E-state index in [1.807, 2.05) is 32.0 Å². The number of phenols is 1. The number of aryl methyl sites for hydroxylation is 2. The molecule has 0 radical (unpaired) electrons. The number of nitrogens with one attached hydrogen (secondary N) is 2. The number of nitrogens with zero attached hydrogens (tertiary/aromatic N) is 1. The smallest absolute Gasteiger partial charge is 0.238 e. The first-order valence-electron chi connectivity index (χ1n) is 9.60. The van der Waals surface area contributed by atoms with Crippen LogP contribution < -0.4 is 10.6 Å². The Morgan fingerprint density at radius 2 is 1.75 bits per heavy atom. The number of anilines is 2. The fourth-order valence-corrected chi connectivity index (χ4v) is 3.43. The Kier molecular flexibility index (Phi) is 6.31. The van der Waals surface area contributed by atoms with Crippen LogP contribution in [0.3, 0.4) is 0 Å². The minimum atomic E-state index is -0.113. The van der Waals surface area contributed by atoms with Gasteiger partial charge in [0, 0.05) is 11.6 Å². The summed E-state index contributed by atoms with van der Waals surface area (Å²) < 4.78 is 0. The molecule has 0 aromatic heterocycles. The standard InChI is InChI=1S/C22H27N3O3/c1-15-7-8-16(2)19(13-15)23-21(27)14-25-11-9-17(10-12-25)22(28)24-18-5-3-4-6-20(18)26/h3-8,13,17,26H,9-12,14H2,1-2H3,(H,23,27)(H,24,28). The normalized spacial score (nSPS) is 15.2. The summed E-state index contributed by atoms with van der Waals surface area (Å²) in [5, 5.41) is 15.6. The lowest BCUT2D eigenvalue weighted by Crippen LogP contribution is -2.41. The quantitative estimate of drug-likeness (QED) is 0.694. The highest BCUT2D eigenvalue weighted by molar-refractivity contribution is 5.94. The zero-order chi connectivity index (χ0) is 20.1. The zero-order valence-electron chi connectivity index (χ0n) is 16.4. The second-order valence-electron chi connectivity index (χ2n) is 7.42. The van der Waals surface area contributed by atoms with E-state index in [0.717, 1.165) is 16.8 Å². The van der Waals surface area contributed by atoms with Gasteiger partial charge in [-0.25, -0.2) is 0 Å². The molecule has 2 amide bonds. The van der Waals surface area contributed by atoms with Gasteiger partial charge in [-0.2, -0.15) is 0 Å². The van der Waals surface area contributed by atoms with E-state index in [4.69, 9.17) is 0 Å². The maximum absolute atomic E-state index is 12.4. The van der Waals surface area contributed by atoms with Gasteiger partial charge in [-0.3, -0.25) is 14.5 Å². The van der Waals surface area contributed by atoms with Crippen LogP contribution in [-0.4, -0.2) is 41.5 Å². The largest absolute Gasteiger partial charge is 0.506 e. The molecule has 6 nitrogen and oxygen atoms in total. The van der Waals surface area contributed by atoms with Gasteiger partial charge in [0.2, 0.25) is 11.8 Å². The third-order valence-corrected chi connectivity index (χ3v) is 5.15. The van der Waals surface area contributed by atoms with E-state index in [1.165, 1.54) is 0 Å². The lowest BCUT2D eigenvalue weighted by Gasteiger charge is -2.30. The van der Waals surface area contributed by atoms with E-state index >= 15 is 0 Å². The van der Waals surface area contributed by atoms with Crippen molar-refractivity contribution in [3.05, 3.63) is 53.6 Å². The predicted molar refractivity (Wildman–Crippen MR) is 110 cm³/mol. The molecule has 1 aliphatic rings. The first kappa shape index (κ1) is 19.9. The fraction of sp³-hybridized carbons (Fsp3) is 0.364. The first-order valence-corrected chi connectivity index (χ1v) is 9.60. The average molecular weight is 381 g/mol. The summed E-state index contributed by atoms with van der Waals surface area (Å²) in [6.07, 6.45) is 1.38. The number of carbonyl (C=O) groups is 2. The van der Waals surface area contributed by atoms with E-state index < -0.39 is 0 Å². The summed E-state index contributed by atoms with van der Waals surface area (Å²) in [6.45, 7) is 5.68. The van der Waals surface area contributed by atoms with Gasteiger partial charge < -0.3 is 15.7 Å². The predicted octanol–water partition coefficient (Wildman–Crippen LogP) is 3.30. The Balaban J connectivity index is 1.47. The van der Waals surface area contributed by atoms with Crippen molar-refractivity contribution in [2.24, 2.45) is 5.92 Å². The molecule has 6 heteroatoms. The maximum Gasteiger partial charge on any atom is 0.238 e. The SMILES string of the molecule is Cc1ccc(C)c(NC(=O)CN2CCC(C(=O)Nc3ccccc3O)CC2)c1. The Hall–Kier alpha value is -2.86. The number of hydrogen-bond acceptors (Lipinski definition) is 4. The Bertz CT molecular complexity index is 858. The minimum absolute atomic E-state index is 0.0363. The summed E-state index contributed by atoms with van der Waals surface area (Å²) in [5.74, 6) is -0.166. The molecule has 3 N–H and O–H groups in total. The Labute approximate surface area is 165 Å². The lowest BCUT2D eigenvalue weighted by atomic mass is 9.95. The van der Waals surface area contributed by atoms with Crippen molar-refractivity contribution in [2.75, 3.05) is 30.3 Å². The minimum Gasteiger partial charge on any atom is -0.506 e. The molecule has 2 aromatic carbocycles. The third kappa shape index (κ3) is 5.10. The second-order valence-corrected chi connectivity index (χ2v) is 7.42. The number of rotatable bonds is 5. The van der Waals surface area contributed by atoms with Gasteiger partial charge >= 0.3 is 0 Å². The summed E-state index contributed by atoms with van der Waals surface area (Å²) >= 11 is 0. The van der Waals surface area contributed by atoms with Crippen molar-refractivity contribution in [3.8, 4) is 5.75 Å². The number of para-hydroxylation sites is 2. The molecule has 28 heavy (non-hydrogen) atoms. The second kappa shape index (κ2) is 8.89. The summed E-state index contributed by atoms with van der Waals surface area (Å²) in [5.41, 5.74) is 3.43. The van der Waals surface area contributed by atoms with Crippen molar-refractivity contribution < 1.29 is 14.7 Å². The number of likely N-dealkylation sites (tertiary alicyclic amines) is 1. The summed E-state index contributed by atoms with van der Waals surface area (Å²) in [4.78, 5) is 26.9. The van der Waals surface area contributed by atoms with Crippen LogP contribution in [0, 0.1) is 19.8 Å². The molecule has 1 saturated heterocycles. The number of carbonyl (C=O) groups excluding carboxylic acids is 2. The van der Waals surface area contributed by atoms with Gasteiger partial charge in [-0.15, -0.1) is 0 Å². The van der Waals surface area contributed by atoms with Crippen LogP contribution in [0.4, 0.5) is 11.4 Å². The van der Waals surface area contributed by atoms with Crippen LogP contribution in [0.1, 0.15) is 24.0 Å². The van der Waals surface area contributed by atoms with Crippen LogP contribution in [0.15, 0.2) is 42.5 Å². The molecular formula is C22H27N3O3. The maximum atomic E-state index is 12.4. The highest BCUT2D eigenvalue weighted by atomic mass is 16.3. The monoisotopic (exact) mass is 381 g/mol. The van der Waals surface area contributed by atoms with Gasteiger partial charge in [-0.05, 0) is 69.1 Å². The van der Waals surface area contributed by atoms with Gasteiger partial charge in [-0.1, -0.05) is 24.3 Å². The highest BCUT2D eigenvalue weighted by Gasteiger charge is 2.26. The fourth-order valence-electron chi connectivity index (χ4n) is 3.43. The van der Waals surface area contributed by atoms with Gasteiger partial charge in [0.05, 0.1) is 12.2 Å². The number of aromatic hydroxyl groups is 1. The summed E-state index contributed by atoms with van der Waals surface area (Å²) in [6, 6.07) is 12.7. The van der Waals surface area contributed by atoms with Crippen molar-refractivity contribution >= 4 is 23.2 Å². The molecule has 1 aliphatic heterocycles. The number of amides is 2. The molecule has 2 aromatic rings. The Morgan fingerprint density at radius 1 is 1.04 bits per heavy atom. The van der Waals surface area contributed by atoms with Gasteiger partial charge in [0.1, 0.15) is 5.75 Å². The number of phenolic OH excluding ortho intramolecular Hbond substituents is 1. The van der Waals surface area contributed by atoms with Crippen LogP contribution in [0.5, 0.6) is 5.75 Å². The third-order valence-electron chi connectivity index (χ3n) is 5.15. The van der Waals surface area contributed by atoms with Crippen LogP contribution in [0.25, 0.3) is 0 Å². The molecule has 148 valence electrons. The molecule has 0 saturated carbocycles. The topological polar surface area (TPSA) is 81.7 Å². The molecule has 3 rings (SSSR count). The summed E-state index contributed by atoms with van der Waals surface area (Å²) in [7, 11) is 0. The molecular weight excluding hydrogens is 354 g/mol. The van der Waals surface area contributed by atoms with E-state index in [2.05, 4.69) is 15.5 Å². The number of hydrogen-bond donors (Lipinski definition) is 3. The molecule has 0 atom stereocenters. The first-order chi connectivity index (χ1) is 13.4. The zero-order valence-corrected chi connectivity index (χ0v) is 16.4. The number of piperidine rings is 1.